The Hall–Kier alpha value is -2.33. The zero-order chi connectivity index (χ0) is 16.1. The first kappa shape index (κ1) is 15.6. The fourth-order valence-electron chi connectivity index (χ4n) is 2.45. The highest BCUT2D eigenvalue weighted by atomic mass is 31.2. The van der Waals surface area contributed by atoms with E-state index >= 15 is 0 Å². The highest BCUT2D eigenvalue weighted by Gasteiger charge is 2.22. The van der Waals surface area contributed by atoms with Crippen LogP contribution in [0.25, 0.3) is 10.8 Å². The second-order valence-electron chi connectivity index (χ2n) is 5.07. The van der Waals surface area contributed by atoms with Crippen molar-refractivity contribution < 1.29 is 9.09 Å². The Morgan fingerprint density at radius 3 is 2.39 bits per heavy atom. The van der Waals surface area contributed by atoms with E-state index in [-0.39, 0.29) is 0 Å². The molecule has 23 heavy (non-hydrogen) atoms. The summed E-state index contributed by atoms with van der Waals surface area (Å²) in [6, 6.07) is 23.2. The van der Waals surface area contributed by atoms with Gasteiger partial charge >= 0.3 is 7.37 Å². The van der Waals surface area contributed by atoms with E-state index in [0.29, 0.717) is 11.9 Å². The minimum absolute atomic E-state index is 0.358. The summed E-state index contributed by atoms with van der Waals surface area (Å²) < 4.78 is 18.7. The lowest BCUT2D eigenvalue weighted by Crippen LogP contribution is -2.05. The van der Waals surface area contributed by atoms with E-state index in [9.17, 15) is 4.57 Å². The Balaban J connectivity index is 2.08. The zero-order valence-electron chi connectivity index (χ0n) is 12.9. The average Bonchev–Trinajstić information content (AvgIpc) is 2.61. The van der Waals surface area contributed by atoms with Crippen molar-refractivity contribution in [2.24, 2.45) is 0 Å². The van der Waals surface area contributed by atoms with Gasteiger partial charge in [-0.3, -0.25) is 4.57 Å². The molecule has 0 bridgehead atoms. The van der Waals surface area contributed by atoms with Gasteiger partial charge in [0.2, 0.25) is 0 Å². The van der Waals surface area contributed by atoms with E-state index in [2.05, 4.69) is 11.6 Å². The van der Waals surface area contributed by atoms with E-state index < -0.39 is 7.37 Å². The van der Waals surface area contributed by atoms with Gasteiger partial charge in [0.25, 0.3) is 0 Å². The highest BCUT2D eigenvalue weighted by molar-refractivity contribution is 7.71. The van der Waals surface area contributed by atoms with Crippen molar-refractivity contribution in [1.29, 1.82) is 0 Å². The number of benzene rings is 3. The van der Waals surface area contributed by atoms with E-state index in [1.54, 1.807) is 12.1 Å². The minimum atomic E-state index is -3.18. The molecule has 0 heterocycles. The lowest BCUT2D eigenvalue weighted by molar-refractivity contribution is 0.348. The first-order valence-electron chi connectivity index (χ1n) is 7.54. The van der Waals surface area contributed by atoms with Gasteiger partial charge in [-0.2, -0.15) is 0 Å². The Morgan fingerprint density at radius 1 is 0.913 bits per heavy atom. The summed E-state index contributed by atoms with van der Waals surface area (Å²) in [5.41, 5.74) is 3.77. The van der Waals surface area contributed by atoms with Crippen LogP contribution in [-0.4, -0.2) is 6.61 Å². The summed E-state index contributed by atoms with van der Waals surface area (Å²) in [5.74, 6) is 3.07. The van der Waals surface area contributed by atoms with Crippen LogP contribution in [0, 0.1) is 11.6 Å². The topological polar surface area (TPSA) is 26.3 Å². The number of hydrogen-bond donors (Lipinski definition) is 0. The third-order valence-corrected chi connectivity index (χ3v) is 5.54. The largest absolute Gasteiger partial charge is 0.317 e. The van der Waals surface area contributed by atoms with Crippen molar-refractivity contribution >= 4 is 23.4 Å². The van der Waals surface area contributed by atoms with Crippen molar-refractivity contribution in [3.63, 3.8) is 0 Å². The van der Waals surface area contributed by atoms with Gasteiger partial charge in [-0.25, -0.2) is 0 Å². The van der Waals surface area contributed by atoms with Crippen molar-refractivity contribution in [1.82, 2.24) is 0 Å². The molecule has 114 valence electrons. The van der Waals surface area contributed by atoms with Gasteiger partial charge in [-0.15, -0.1) is 0 Å². The highest BCUT2D eigenvalue weighted by Crippen LogP contribution is 2.44. The van der Waals surface area contributed by atoms with Crippen LogP contribution in [0.2, 0.25) is 0 Å². The average molecular weight is 320 g/mol. The normalized spacial score (nSPS) is 13.1. The first-order valence-corrected chi connectivity index (χ1v) is 9.16. The third-order valence-electron chi connectivity index (χ3n) is 3.53. The Morgan fingerprint density at radius 2 is 1.61 bits per heavy atom. The maximum Gasteiger partial charge on any atom is 0.303 e. The van der Waals surface area contributed by atoms with Crippen LogP contribution in [0.5, 0.6) is 0 Å². The molecule has 0 aliphatic carbocycles. The monoisotopic (exact) mass is 320 g/mol. The molecule has 1 unspecified atom stereocenters. The van der Waals surface area contributed by atoms with Crippen molar-refractivity contribution in [2.45, 2.75) is 6.92 Å². The van der Waals surface area contributed by atoms with Gasteiger partial charge in [0, 0.05) is 10.9 Å². The van der Waals surface area contributed by atoms with Crippen LogP contribution in [0.1, 0.15) is 12.5 Å². The SMILES string of the molecule is CCOP(=O)(C#Cc1cccc2ccccc12)c1ccccc1. The molecule has 0 amide bonds. The Labute approximate surface area is 136 Å². The summed E-state index contributed by atoms with van der Waals surface area (Å²) in [6.07, 6.45) is 0. The quantitative estimate of drug-likeness (QED) is 0.512. The molecule has 0 aliphatic heterocycles. The molecule has 0 saturated carbocycles. The van der Waals surface area contributed by atoms with E-state index in [1.807, 2.05) is 67.6 Å². The van der Waals surface area contributed by atoms with Crippen molar-refractivity contribution in [2.75, 3.05) is 6.61 Å². The smallest absolute Gasteiger partial charge is 0.303 e. The second-order valence-corrected chi connectivity index (χ2v) is 7.17. The maximum absolute atomic E-state index is 13.1. The fraction of sp³-hybridized carbons (Fsp3) is 0.100. The molecule has 2 nitrogen and oxygen atoms in total. The molecule has 3 heteroatoms. The van der Waals surface area contributed by atoms with Gasteiger partial charge in [0.1, 0.15) is 0 Å². The third kappa shape index (κ3) is 3.37. The van der Waals surface area contributed by atoms with Gasteiger partial charge in [0.05, 0.1) is 6.61 Å². The zero-order valence-corrected chi connectivity index (χ0v) is 13.8. The molecule has 0 fully saturated rings. The van der Waals surface area contributed by atoms with E-state index in [4.69, 9.17) is 4.52 Å². The predicted molar refractivity (Wildman–Crippen MR) is 96.1 cm³/mol. The van der Waals surface area contributed by atoms with Crippen molar-refractivity contribution in [3.05, 3.63) is 78.4 Å². The number of hydrogen-bond acceptors (Lipinski definition) is 2. The molecule has 0 saturated heterocycles. The fourth-order valence-corrected chi connectivity index (χ4v) is 3.98. The first-order chi connectivity index (χ1) is 11.2. The van der Waals surface area contributed by atoms with Crippen LogP contribution in [0.3, 0.4) is 0 Å². The van der Waals surface area contributed by atoms with E-state index in [0.717, 1.165) is 16.3 Å². The predicted octanol–water partition coefficient (Wildman–Crippen LogP) is 4.79. The molecule has 0 N–H and O–H groups in total. The standard InChI is InChI=1S/C20H17O2P/c1-2-22-23(21,19-12-4-3-5-13-19)16-15-18-11-8-10-17-9-6-7-14-20(17)18/h3-14H,2H2,1H3. The number of fused-ring (bicyclic) bond motifs is 1. The molecule has 3 aromatic carbocycles. The molecule has 0 spiro atoms. The summed E-state index contributed by atoms with van der Waals surface area (Å²) in [6.45, 7) is 2.19. The lowest BCUT2D eigenvalue weighted by atomic mass is 10.1. The van der Waals surface area contributed by atoms with Crippen LogP contribution < -0.4 is 5.30 Å². The van der Waals surface area contributed by atoms with Gasteiger partial charge in [0.15, 0.2) is 0 Å². The van der Waals surface area contributed by atoms with Gasteiger partial charge < -0.3 is 4.52 Å². The van der Waals surface area contributed by atoms with Crippen molar-refractivity contribution in [3.8, 4) is 11.6 Å². The molecule has 0 aliphatic rings. The Bertz CT molecular complexity index is 915. The number of rotatable bonds is 3. The Kier molecular flexibility index (Phi) is 4.63. The molecular formula is C20H17O2P. The van der Waals surface area contributed by atoms with Gasteiger partial charge in [-0.1, -0.05) is 60.5 Å². The van der Waals surface area contributed by atoms with Crippen LogP contribution in [0.15, 0.2) is 72.8 Å². The molecule has 0 radical (unpaired) electrons. The summed E-state index contributed by atoms with van der Waals surface area (Å²) in [7, 11) is -3.18. The van der Waals surface area contributed by atoms with Crippen LogP contribution in [0.4, 0.5) is 0 Å². The molecule has 0 aromatic heterocycles. The summed E-state index contributed by atoms with van der Waals surface area (Å²) in [5, 5.41) is 2.80. The summed E-state index contributed by atoms with van der Waals surface area (Å²) in [4.78, 5) is 0. The lowest BCUT2D eigenvalue weighted by Gasteiger charge is -2.11. The minimum Gasteiger partial charge on any atom is -0.317 e. The van der Waals surface area contributed by atoms with Gasteiger partial charge in [-0.05, 0) is 41.6 Å². The van der Waals surface area contributed by atoms with E-state index in [1.165, 1.54) is 0 Å². The molecule has 3 rings (SSSR count). The molecule has 1 atom stereocenters. The van der Waals surface area contributed by atoms with Crippen LogP contribution >= 0.6 is 7.37 Å². The molecular weight excluding hydrogens is 303 g/mol. The summed E-state index contributed by atoms with van der Waals surface area (Å²) >= 11 is 0. The van der Waals surface area contributed by atoms with Crippen LogP contribution in [-0.2, 0) is 9.09 Å². The second kappa shape index (κ2) is 6.84. The maximum atomic E-state index is 13.1. The molecule has 3 aromatic rings.